The minimum atomic E-state index is -0.950. The average Bonchev–Trinajstić information content (AvgIpc) is 3.63. The Morgan fingerprint density at radius 2 is 1.42 bits per heavy atom. The number of ketones is 1. The lowest BCUT2D eigenvalue weighted by Gasteiger charge is -2.33. The molecule has 8 heteroatoms. The van der Waals surface area contributed by atoms with Crippen LogP contribution in [0.25, 0.3) is 0 Å². The Kier molecular flexibility index (Phi) is 10.6. The van der Waals surface area contributed by atoms with Crippen LogP contribution < -0.4 is 16.4 Å². The molecule has 2 heterocycles. The number of nitrogens with two attached hydrogens (primary N) is 1. The van der Waals surface area contributed by atoms with Crippen LogP contribution in [0, 0.1) is 11.8 Å². The molecule has 3 aromatic carbocycles. The first-order chi connectivity index (χ1) is 23.5. The monoisotopic (exact) mass is 639 g/mol. The maximum absolute atomic E-state index is 14.0. The number of carbonyl (C=O) groups is 2. The molecule has 6 unspecified atom stereocenters. The summed E-state index contributed by atoms with van der Waals surface area (Å²) in [4.78, 5) is 36.9. The van der Waals surface area contributed by atoms with Crippen molar-refractivity contribution < 1.29 is 14.7 Å². The number of hydrogen-bond acceptors (Lipinski definition) is 7. The van der Waals surface area contributed by atoms with Crippen LogP contribution in [0.2, 0.25) is 0 Å². The molecule has 0 bridgehead atoms. The van der Waals surface area contributed by atoms with Crippen LogP contribution in [-0.2, 0) is 16.0 Å². The van der Waals surface area contributed by atoms with Gasteiger partial charge in [0.25, 0.3) is 0 Å². The maximum atomic E-state index is 14.0. The fourth-order valence-electron chi connectivity index (χ4n) is 6.88. The minimum Gasteiger partial charge on any atom is -0.388 e. The number of nitrogens with zero attached hydrogens (tertiary/aromatic N) is 2. The summed E-state index contributed by atoms with van der Waals surface area (Å²) in [6.07, 6.45) is 4.93. The molecule has 5 N–H and O–H groups in total. The van der Waals surface area contributed by atoms with Crippen LogP contribution in [0.1, 0.15) is 59.7 Å². The summed E-state index contributed by atoms with van der Waals surface area (Å²) in [5, 5.41) is 18.7. The molecule has 0 spiro atoms. The van der Waals surface area contributed by atoms with E-state index >= 15 is 0 Å². The Balaban J connectivity index is 1.32. The number of aromatic nitrogens is 2. The van der Waals surface area contributed by atoms with Crippen molar-refractivity contribution >= 4 is 23.2 Å². The Morgan fingerprint density at radius 1 is 0.771 bits per heavy atom. The highest BCUT2D eigenvalue weighted by molar-refractivity contribution is 5.98. The van der Waals surface area contributed by atoms with Crippen molar-refractivity contribution in [2.45, 2.75) is 49.8 Å². The molecular weight excluding hydrogens is 598 g/mol. The standard InChI is InChI=1S/C40H41N5O3/c41-32(26-27-14-3-1-4-15-27)39(47)29-19-13-20-30(29)40(48)44-33-21-8-7-18-31(33)37(45-35-23-10-12-25-43-35)36(34-22-9-11-24-42-34)38(46)28-16-5-2-6-17-28/h1-12,14-18,21-25,29-30,32,36-38,46H,13,19-20,26,41H2,(H,43,45)(H,44,48). The molecule has 6 rings (SSSR count). The number of aliphatic hydroxyl groups excluding tert-OH is 1. The Hall–Kier alpha value is -5.18. The van der Waals surface area contributed by atoms with Gasteiger partial charge in [-0.15, -0.1) is 0 Å². The van der Waals surface area contributed by atoms with E-state index in [-0.39, 0.29) is 11.7 Å². The lowest BCUT2D eigenvalue weighted by atomic mass is 9.82. The van der Waals surface area contributed by atoms with E-state index in [1.165, 1.54) is 0 Å². The van der Waals surface area contributed by atoms with Crippen LogP contribution in [0.15, 0.2) is 134 Å². The minimum absolute atomic E-state index is 0.0688. The SMILES string of the molecule is NC(Cc1ccccc1)C(=O)C1CCCC1C(=O)Nc1ccccc1C(Nc1ccccn1)C(c1ccccn1)C(O)c1ccccc1. The summed E-state index contributed by atoms with van der Waals surface area (Å²) in [6.45, 7) is 0. The fraction of sp³-hybridized carbons (Fsp3) is 0.250. The summed E-state index contributed by atoms with van der Waals surface area (Å²) in [6, 6.07) is 36.8. The molecule has 1 fully saturated rings. The van der Waals surface area contributed by atoms with Gasteiger partial charge in [-0.05, 0) is 66.3 Å². The third kappa shape index (κ3) is 7.68. The normalized spacial score (nSPS) is 18.3. The number of anilines is 2. The lowest BCUT2D eigenvalue weighted by Crippen LogP contribution is -2.41. The first-order valence-electron chi connectivity index (χ1n) is 16.5. The molecule has 1 aliphatic rings. The van der Waals surface area contributed by atoms with E-state index < -0.39 is 35.9 Å². The Labute approximate surface area is 281 Å². The molecule has 6 atom stereocenters. The Morgan fingerprint density at radius 3 is 2.12 bits per heavy atom. The number of nitrogens with one attached hydrogen (secondary N) is 2. The topological polar surface area (TPSA) is 130 Å². The number of amides is 1. The molecule has 244 valence electrons. The number of Topliss-reactive ketones (excluding diaryl/α,β-unsaturated/α-hetero) is 1. The first kappa shape index (κ1) is 32.7. The van der Waals surface area contributed by atoms with Gasteiger partial charge in [0, 0.05) is 35.6 Å². The molecule has 2 aromatic heterocycles. The van der Waals surface area contributed by atoms with Gasteiger partial charge < -0.3 is 21.5 Å². The van der Waals surface area contributed by atoms with Crippen LogP contribution in [0.5, 0.6) is 0 Å². The van der Waals surface area contributed by atoms with E-state index in [2.05, 4.69) is 20.6 Å². The molecule has 1 aliphatic carbocycles. The maximum Gasteiger partial charge on any atom is 0.228 e. The predicted octanol–water partition coefficient (Wildman–Crippen LogP) is 6.64. The largest absolute Gasteiger partial charge is 0.388 e. The summed E-state index contributed by atoms with van der Waals surface area (Å²) in [5.41, 5.74) is 10.2. The highest BCUT2D eigenvalue weighted by Gasteiger charge is 2.40. The van der Waals surface area contributed by atoms with Gasteiger partial charge in [-0.25, -0.2) is 4.98 Å². The van der Waals surface area contributed by atoms with Crippen molar-refractivity contribution in [3.8, 4) is 0 Å². The second-order valence-electron chi connectivity index (χ2n) is 12.4. The zero-order valence-corrected chi connectivity index (χ0v) is 26.7. The highest BCUT2D eigenvalue weighted by Crippen LogP contribution is 2.44. The van der Waals surface area contributed by atoms with Gasteiger partial charge in [0.2, 0.25) is 5.91 Å². The van der Waals surface area contributed by atoms with E-state index in [0.29, 0.717) is 36.5 Å². The summed E-state index contributed by atoms with van der Waals surface area (Å²) in [5.74, 6) is -1.18. The summed E-state index contributed by atoms with van der Waals surface area (Å²) >= 11 is 0. The molecule has 8 nitrogen and oxygen atoms in total. The van der Waals surface area contributed by atoms with Crippen LogP contribution in [0.3, 0.4) is 0 Å². The predicted molar refractivity (Wildman–Crippen MR) is 188 cm³/mol. The van der Waals surface area contributed by atoms with Gasteiger partial charge in [-0.3, -0.25) is 14.6 Å². The third-order valence-corrected chi connectivity index (χ3v) is 9.27. The van der Waals surface area contributed by atoms with Gasteiger partial charge >= 0.3 is 0 Å². The van der Waals surface area contributed by atoms with Crippen LogP contribution in [-0.4, -0.2) is 32.8 Å². The van der Waals surface area contributed by atoms with Crippen molar-refractivity contribution in [3.63, 3.8) is 0 Å². The van der Waals surface area contributed by atoms with E-state index in [1.54, 1.807) is 12.4 Å². The average molecular weight is 640 g/mol. The number of pyridine rings is 2. The van der Waals surface area contributed by atoms with E-state index in [9.17, 15) is 14.7 Å². The zero-order chi connectivity index (χ0) is 33.3. The molecule has 0 radical (unpaired) electrons. The van der Waals surface area contributed by atoms with Gasteiger partial charge in [-0.1, -0.05) is 97.4 Å². The summed E-state index contributed by atoms with van der Waals surface area (Å²) < 4.78 is 0. The molecule has 1 saturated carbocycles. The van der Waals surface area contributed by atoms with Gasteiger partial charge in [0.15, 0.2) is 5.78 Å². The number of para-hydroxylation sites is 1. The molecule has 1 amide bonds. The second-order valence-corrected chi connectivity index (χ2v) is 12.4. The fourth-order valence-corrected chi connectivity index (χ4v) is 6.88. The summed E-state index contributed by atoms with van der Waals surface area (Å²) in [7, 11) is 0. The van der Waals surface area contributed by atoms with Crippen molar-refractivity contribution in [2.24, 2.45) is 17.6 Å². The molecule has 48 heavy (non-hydrogen) atoms. The molecule has 0 aliphatic heterocycles. The highest BCUT2D eigenvalue weighted by atomic mass is 16.3. The van der Waals surface area contributed by atoms with Gasteiger partial charge in [0.1, 0.15) is 5.82 Å². The number of hydrogen-bond donors (Lipinski definition) is 4. The lowest BCUT2D eigenvalue weighted by molar-refractivity contribution is -0.130. The first-order valence-corrected chi connectivity index (χ1v) is 16.5. The number of rotatable bonds is 13. The van der Waals surface area contributed by atoms with E-state index in [1.807, 2.05) is 121 Å². The zero-order valence-electron chi connectivity index (χ0n) is 26.7. The van der Waals surface area contributed by atoms with Gasteiger partial charge in [0.05, 0.1) is 24.1 Å². The second kappa shape index (κ2) is 15.6. The van der Waals surface area contributed by atoms with Crippen molar-refractivity contribution in [2.75, 3.05) is 10.6 Å². The van der Waals surface area contributed by atoms with Gasteiger partial charge in [-0.2, -0.15) is 0 Å². The Bertz CT molecular complexity index is 1770. The molecule has 0 saturated heterocycles. The molecular formula is C40H41N5O3. The third-order valence-electron chi connectivity index (χ3n) is 9.27. The number of carbonyl (C=O) groups excluding carboxylic acids is 2. The van der Waals surface area contributed by atoms with Crippen molar-refractivity contribution in [1.82, 2.24) is 9.97 Å². The van der Waals surface area contributed by atoms with E-state index in [0.717, 1.165) is 23.1 Å². The quantitative estimate of drug-likeness (QED) is 0.114. The number of benzene rings is 3. The number of aliphatic hydroxyl groups is 1. The van der Waals surface area contributed by atoms with E-state index in [4.69, 9.17) is 5.73 Å². The molecule has 5 aromatic rings. The smallest absolute Gasteiger partial charge is 0.228 e. The van der Waals surface area contributed by atoms with Crippen molar-refractivity contribution in [1.29, 1.82) is 0 Å². The van der Waals surface area contributed by atoms with Crippen LogP contribution >= 0.6 is 0 Å². The van der Waals surface area contributed by atoms with Crippen LogP contribution in [0.4, 0.5) is 11.5 Å². The van der Waals surface area contributed by atoms with Crippen molar-refractivity contribution in [3.05, 3.63) is 156 Å².